The normalized spacial score (nSPS) is 17.9. The zero-order valence-electron chi connectivity index (χ0n) is 14.1. The van der Waals surface area contributed by atoms with Crippen LogP contribution in [-0.2, 0) is 5.41 Å². The molecule has 1 aromatic carbocycles. The minimum Gasteiger partial charge on any atom is -0.494 e. The van der Waals surface area contributed by atoms with Crippen LogP contribution in [-0.4, -0.2) is 56.2 Å². The summed E-state index contributed by atoms with van der Waals surface area (Å²) in [6.45, 7) is 13.4. The molecule has 3 nitrogen and oxygen atoms in total. The van der Waals surface area contributed by atoms with Gasteiger partial charge in [0, 0.05) is 32.7 Å². The van der Waals surface area contributed by atoms with Crippen LogP contribution in [0.2, 0.25) is 0 Å². The van der Waals surface area contributed by atoms with Crippen LogP contribution in [0.5, 0.6) is 5.75 Å². The van der Waals surface area contributed by atoms with E-state index in [0.717, 1.165) is 25.3 Å². The van der Waals surface area contributed by atoms with Crippen LogP contribution in [0.25, 0.3) is 0 Å². The van der Waals surface area contributed by atoms with Crippen LogP contribution < -0.4 is 4.74 Å². The fourth-order valence-electron chi connectivity index (χ4n) is 2.60. The Kier molecular flexibility index (Phi) is 5.65. The van der Waals surface area contributed by atoms with Gasteiger partial charge in [-0.2, -0.15) is 0 Å². The second kappa shape index (κ2) is 7.28. The first-order chi connectivity index (χ1) is 9.95. The standard InChI is InChI=1S/C18H30N2O/c1-18(2,3)16-7-5-8-17(15-16)21-14-6-9-20-12-10-19(4)11-13-20/h5,7-8,15H,6,9-14H2,1-4H3. The van der Waals surface area contributed by atoms with Gasteiger partial charge in [0.25, 0.3) is 0 Å². The molecule has 0 aromatic heterocycles. The fourth-order valence-corrected chi connectivity index (χ4v) is 2.60. The SMILES string of the molecule is CN1CCN(CCCOc2cccc(C(C)(C)C)c2)CC1. The van der Waals surface area contributed by atoms with E-state index in [1.54, 1.807) is 0 Å². The van der Waals surface area contributed by atoms with Crippen molar-refractivity contribution in [3.8, 4) is 5.75 Å². The maximum Gasteiger partial charge on any atom is 0.119 e. The average molecular weight is 290 g/mol. The van der Waals surface area contributed by atoms with Gasteiger partial charge in [-0.1, -0.05) is 32.9 Å². The molecule has 3 heteroatoms. The molecule has 1 aliphatic rings. The number of piperazine rings is 1. The lowest BCUT2D eigenvalue weighted by molar-refractivity contribution is 0.145. The third-order valence-corrected chi connectivity index (χ3v) is 4.18. The summed E-state index contributed by atoms with van der Waals surface area (Å²) in [7, 11) is 2.20. The van der Waals surface area contributed by atoms with Gasteiger partial charge in [0.15, 0.2) is 0 Å². The number of benzene rings is 1. The summed E-state index contributed by atoms with van der Waals surface area (Å²) in [4.78, 5) is 4.93. The molecule has 1 aromatic rings. The van der Waals surface area contributed by atoms with E-state index in [1.165, 1.54) is 31.7 Å². The van der Waals surface area contributed by atoms with E-state index in [-0.39, 0.29) is 5.41 Å². The van der Waals surface area contributed by atoms with E-state index in [4.69, 9.17) is 4.74 Å². The predicted octanol–water partition coefficient (Wildman–Crippen LogP) is 3.00. The summed E-state index contributed by atoms with van der Waals surface area (Å²) in [5.41, 5.74) is 1.51. The maximum absolute atomic E-state index is 5.92. The number of ether oxygens (including phenoxy) is 1. The van der Waals surface area contributed by atoms with Crippen LogP contribution in [0.1, 0.15) is 32.8 Å². The van der Waals surface area contributed by atoms with Gasteiger partial charge in [0.05, 0.1) is 6.61 Å². The van der Waals surface area contributed by atoms with Gasteiger partial charge in [-0.25, -0.2) is 0 Å². The highest BCUT2D eigenvalue weighted by Crippen LogP contribution is 2.25. The highest BCUT2D eigenvalue weighted by Gasteiger charge is 2.14. The van der Waals surface area contributed by atoms with E-state index in [2.05, 4.69) is 61.9 Å². The van der Waals surface area contributed by atoms with Crippen molar-refractivity contribution in [2.24, 2.45) is 0 Å². The molecular weight excluding hydrogens is 260 g/mol. The van der Waals surface area contributed by atoms with Crippen molar-refractivity contribution in [2.45, 2.75) is 32.6 Å². The lowest BCUT2D eigenvalue weighted by Crippen LogP contribution is -2.44. The molecule has 0 saturated carbocycles. The first-order valence-corrected chi connectivity index (χ1v) is 8.09. The van der Waals surface area contributed by atoms with E-state index in [9.17, 15) is 0 Å². The number of hydrogen-bond donors (Lipinski definition) is 0. The third-order valence-electron chi connectivity index (χ3n) is 4.18. The molecule has 0 unspecified atom stereocenters. The van der Waals surface area contributed by atoms with E-state index in [1.807, 2.05) is 0 Å². The van der Waals surface area contributed by atoms with Gasteiger partial charge in [0.1, 0.15) is 5.75 Å². The van der Waals surface area contributed by atoms with Crippen molar-refractivity contribution in [1.29, 1.82) is 0 Å². The third kappa shape index (κ3) is 5.33. The van der Waals surface area contributed by atoms with Crippen LogP contribution in [0.3, 0.4) is 0 Å². The van der Waals surface area contributed by atoms with E-state index < -0.39 is 0 Å². The molecule has 0 amide bonds. The van der Waals surface area contributed by atoms with Crippen molar-refractivity contribution < 1.29 is 4.74 Å². The molecule has 0 radical (unpaired) electrons. The van der Waals surface area contributed by atoms with Gasteiger partial charge >= 0.3 is 0 Å². The Hall–Kier alpha value is -1.06. The summed E-state index contributed by atoms with van der Waals surface area (Å²) in [5, 5.41) is 0. The summed E-state index contributed by atoms with van der Waals surface area (Å²) in [6, 6.07) is 8.51. The lowest BCUT2D eigenvalue weighted by atomic mass is 9.87. The van der Waals surface area contributed by atoms with Gasteiger partial charge in [0.2, 0.25) is 0 Å². The van der Waals surface area contributed by atoms with Gasteiger partial charge in [-0.15, -0.1) is 0 Å². The Morgan fingerprint density at radius 1 is 1.10 bits per heavy atom. The summed E-state index contributed by atoms with van der Waals surface area (Å²) in [5.74, 6) is 1.00. The molecular formula is C18H30N2O. The minimum atomic E-state index is 0.180. The zero-order valence-corrected chi connectivity index (χ0v) is 14.1. The Balaban J connectivity index is 1.71. The first kappa shape index (κ1) is 16.3. The number of likely N-dealkylation sites (N-methyl/N-ethyl adjacent to an activating group) is 1. The molecule has 118 valence electrons. The first-order valence-electron chi connectivity index (χ1n) is 8.09. The van der Waals surface area contributed by atoms with E-state index >= 15 is 0 Å². The van der Waals surface area contributed by atoms with Crippen molar-refractivity contribution in [3.63, 3.8) is 0 Å². The highest BCUT2D eigenvalue weighted by atomic mass is 16.5. The molecule has 0 bridgehead atoms. The number of nitrogens with zero attached hydrogens (tertiary/aromatic N) is 2. The van der Waals surface area contributed by atoms with Crippen molar-refractivity contribution in [1.82, 2.24) is 9.80 Å². The second-order valence-electron chi connectivity index (χ2n) is 7.12. The molecule has 0 aliphatic carbocycles. The minimum absolute atomic E-state index is 0.180. The van der Waals surface area contributed by atoms with Crippen LogP contribution >= 0.6 is 0 Å². The lowest BCUT2D eigenvalue weighted by Gasteiger charge is -2.32. The van der Waals surface area contributed by atoms with Gasteiger partial charge in [-0.05, 0) is 36.6 Å². The maximum atomic E-state index is 5.92. The molecule has 0 N–H and O–H groups in total. The zero-order chi connectivity index (χ0) is 15.3. The molecule has 21 heavy (non-hydrogen) atoms. The number of rotatable bonds is 5. The van der Waals surface area contributed by atoms with Gasteiger partial charge < -0.3 is 14.5 Å². The molecule has 2 rings (SSSR count). The Morgan fingerprint density at radius 3 is 2.48 bits per heavy atom. The van der Waals surface area contributed by atoms with Crippen LogP contribution in [0.15, 0.2) is 24.3 Å². The molecule has 0 atom stereocenters. The molecule has 1 fully saturated rings. The topological polar surface area (TPSA) is 15.7 Å². The largest absolute Gasteiger partial charge is 0.494 e. The highest BCUT2D eigenvalue weighted by molar-refractivity contribution is 5.32. The smallest absolute Gasteiger partial charge is 0.119 e. The Morgan fingerprint density at radius 2 is 1.81 bits per heavy atom. The average Bonchev–Trinajstić information content (AvgIpc) is 2.45. The molecule has 1 heterocycles. The van der Waals surface area contributed by atoms with Crippen LogP contribution in [0, 0.1) is 0 Å². The fraction of sp³-hybridized carbons (Fsp3) is 0.667. The molecule has 1 saturated heterocycles. The Labute approximate surface area is 129 Å². The summed E-state index contributed by atoms with van der Waals surface area (Å²) < 4.78 is 5.92. The number of hydrogen-bond acceptors (Lipinski definition) is 3. The second-order valence-corrected chi connectivity index (χ2v) is 7.12. The summed E-state index contributed by atoms with van der Waals surface area (Å²) in [6.07, 6.45) is 1.10. The summed E-state index contributed by atoms with van der Waals surface area (Å²) >= 11 is 0. The van der Waals surface area contributed by atoms with Crippen molar-refractivity contribution in [3.05, 3.63) is 29.8 Å². The van der Waals surface area contributed by atoms with E-state index in [0.29, 0.717) is 0 Å². The predicted molar refractivity (Wildman–Crippen MR) is 89.2 cm³/mol. The van der Waals surface area contributed by atoms with Crippen LogP contribution in [0.4, 0.5) is 0 Å². The quantitative estimate of drug-likeness (QED) is 0.775. The van der Waals surface area contributed by atoms with Crippen molar-refractivity contribution >= 4 is 0 Å². The van der Waals surface area contributed by atoms with Crippen molar-refractivity contribution in [2.75, 3.05) is 46.4 Å². The molecule has 0 spiro atoms. The molecule has 1 aliphatic heterocycles. The Bertz CT molecular complexity index is 431. The van der Waals surface area contributed by atoms with Gasteiger partial charge in [-0.3, -0.25) is 0 Å². The monoisotopic (exact) mass is 290 g/mol.